The van der Waals surface area contributed by atoms with E-state index in [0.29, 0.717) is 5.56 Å². The lowest BCUT2D eigenvalue weighted by Crippen LogP contribution is -2.08. The van der Waals surface area contributed by atoms with Gasteiger partial charge in [0.15, 0.2) is 5.82 Å². The van der Waals surface area contributed by atoms with Gasteiger partial charge in [0.2, 0.25) is 5.95 Å². The Morgan fingerprint density at radius 2 is 2.05 bits per heavy atom. The zero-order valence-electron chi connectivity index (χ0n) is 10.6. The monoisotopic (exact) mass is 281 g/mol. The fourth-order valence-electron chi connectivity index (χ4n) is 1.78. The Morgan fingerprint density at radius 3 is 2.76 bits per heavy atom. The van der Waals surface area contributed by atoms with Crippen LogP contribution in [0.3, 0.4) is 0 Å². The van der Waals surface area contributed by atoms with Crippen LogP contribution in [-0.2, 0) is 0 Å². The normalized spacial score (nSPS) is 10.3. The van der Waals surface area contributed by atoms with Crippen molar-refractivity contribution in [1.82, 2.24) is 24.7 Å². The summed E-state index contributed by atoms with van der Waals surface area (Å²) in [7, 11) is 0. The van der Waals surface area contributed by atoms with Gasteiger partial charge in [-0.05, 0) is 24.3 Å². The summed E-state index contributed by atoms with van der Waals surface area (Å²) in [6.07, 6.45) is 3.21. The number of halogens is 1. The lowest BCUT2D eigenvalue weighted by atomic mass is 10.1. The van der Waals surface area contributed by atoms with Gasteiger partial charge in [0, 0.05) is 18.0 Å². The van der Waals surface area contributed by atoms with E-state index in [1.165, 1.54) is 16.8 Å². The average Bonchev–Trinajstić information content (AvgIpc) is 3.00. The van der Waals surface area contributed by atoms with Crippen molar-refractivity contribution in [3.8, 4) is 23.4 Å². The first-order chi connectivity index (χ1) is 10.2. The molecule has 1 aromatic carbocycles. The minimum Gasteiger partial charge on any atom is -0.368 e. The fraction of sp³-hybridized carbons (Fsp3) is 0. The average molecular weight is 281 g/mol. The van der Waals surface area contributed by atoms with Gasteiger partial charge >= 0.3 is 0 Å². The summed E-state index contributed by atoms with van der Waals surface area (Å²) in [6, 6.07) is 7.41. The van der Waals surface area contributed by atoms with Gasteiger partial charge in [0.1, 0.15) is 5.82 Å². The maximum atomic E-state index is 13.5. The van der Waals surface area contributed by atoms with Crippen molar-refractivity contribution in [2.75, 3.05) is 5.73 Å². The van der Waals surface area contributed by atoms with Crippen LogP contribution in [0.1, 0.15) is 5.56 Å². The highest BCUT2D eigenvalue weighted by Gasteiger charge is 2.10. The molecule has 3 aromatic rings. The molecule has 102 valence electrons. The molecule has 0 atom stereocenters. The first kappa shape index (κ1) is 12.7. The van der Waals surface area contributed by atoms with Crippen LogP contribution >= 0.6 is 0 Å². The number of benzene rings is 1. The van der Waals surface area contributed by atoms with Crippen molar-refractivity contribution >= 4 is 5.95 Å². The number of aromatic nitrogens is 5. The van der Waals surface area contributed by atoms with Crippen LogP contribution in [0.4, 0.5) is 10.3 Å². The van der Waals surface area contributed by atoms with Gasteiger partial charge in [-0.1, -0.05) is 0 Å². The summed E-state index contributed by atoms with van der Waals surface area (Å²) in [5, 5.41) is 12.9. The largest absolute Gasteiger partial charge is 0.368 e. The second-order valence-corrected chi connectivity index (χ2v) is 4.11. The SMILES string of the molecule is N#Cc1cc(F)cc(-c2nc(N)nc(-n3cccn3)n2)c1. The molecule has 0 spiro atoms. The molecular weight excluding hydrogens is 273 g/mol. The van der Waals surface area contributed by atoms with E-state index in [0.717, 1.165) is 6.07 Å². The first-order valence-corrected chi connectivity index (χ1v) is 5.88. The Morgan fingerprint density at radius 1 is 1.19 bits per heavy atom. The molecule has 21 heavy (non-hydrogen) atoms. The molecule has 0 amide bonds. The molecule has 7 nitrogen and oxygen atoms in total. The zero-order valence-corrected chi connectivity index (χ0v) is 10.6. The van der Waals surface area contributed by atoms with Gasteiger partial charge in [-0.15, -0.1) is 0 Å². The summed E-state index contributed by atoms with van der Waals surface area (Å²) >= 11 is 0. The van der Waals surface area contributed by atoms with Crippen molar-refractivity contribution in [2.45, 2.75) is 0 Å². The Balaban J connectivity index is 2.15. The van der Waals surface area contributed by atoms with Crippen molar-refractivity contribution in [3.63, 3.8) is 0 Å². The lowest BCUT2D eigenvalue weighted by Gasteiger charge is -2.05. The highest BCUT2D eigenvalue weighted by molar-refractivity contribution is 5.59. The lowest BCUT2D eigenvalue weighted by molar-refractivity contribution is 0.627. The molecule has 2 N–H and O–H groups in total. The number of hydrogen-bond acceptors (Lipinski definition) is 6. The van der Waals surface area contributed by atoms with E-state index < -0.39 is 5.82 Å². The molecule has 0 radical (unpaired) electrons. The molecule has 0 saturated carbocycles. The third-order valence-corrected chi connectivity index (χ3v) is 2.64. The maximum absolute atomic E-state index is 13.5. The molecule has 8 heteroatoms. The van der Waals surface area contributed by atoms with E-state index in [1.807, 2.05) is 6.07 Å². The van der Waals surface area contributed by atoms with Crippen LogP contribution < -0.4 is 5.73 Å². The number of rotatable bonds is 2. The Kier molecular flexibility index (Phi) is 3.00. The molecule has 0 aliphatic heterocycles. The van der Waals surface area contributed by atoms with Crippen LogP contribution in [0.25, 0.3) is 17.3 Å². The molecule has 0 unspecified atom stereocenters. The van der Waals surface area contributed by atoms with Crippen LogP contribution in [0.2, 0.25) is 0 Å². The van der Waals surface area contributed by atoms with E-state index in [4.69, 9.17) is 11.0 Å². The van der Waals surface area contributed by atoms with Gasteiger partial charge in [-0.3, -0.25) is 0 Å². The van der Waals surface area contributed by atoms with E-state index in [1.54, 1.807) is 18.5 Å². The smallest absolute Gasteiger partial charge is 0.255 e. The number of anilines is 1. The molecular formula is C13H8FN7. The third-order valence-electron chi connectivity index (χ3n) is 2.64. The second-order valence-electron chi connectivity index (χ2n) is 4.11. The summed E-state index contributed by atoms with van der Waals surface area (Å²) in [5.74, 6) is -0.189. The fourth-order valence-corrected chi connectivity index (χ4v) is 1.78. The summed E-state index contributed by atoms with van der Waals surface area (Å²) in [5.41, 5.74) is 6.16. The molecule has 2 heterocycles. The predicted molar refractivity (Wildman–Crippen MR) is 71.5 cm³/mol. The summed E-state index contributed by atoms with van der Waals surface area (Å²) < 4.78 is 14.9. The van der Waals surface area contributed by atoms with E-state index in [2.05, 4.69) is 20.1 Å². The van der Waals surface area contributed by atoms with Gasteiger partial charge in [0.05, 0.1) is 11.6 Å². The highest BCUT2D eigenvalue weighted by atomic mass is 19.1. The maximum Gasteiger partial charge on any atom is 0.255 e. The van der Waals surface area contributed by atoms with Crippen molar-refractivity contribution < 1.29 is 4.39 Å². The third kappa shape index (κ3) is 2.52. The minimum absolute atomic E-state index is 0.0201. The van der Waals surface area contributed by atoms with Gasteiger partial charge in [0.25, 0.3) is 5.95 Å². The standard InChI is InChI=1S/C13H8FN7/c14-10-5-8(7-15)4-9(6-10)11-18-12(16)20-13(19-11)21-3-1-2-17-21/h1-6H,(H2,16,18,19,20). The van der Waals surface area contributed by atoms with Gasteiger partial charge < -0.3 is 5.73 Å². The number of nitrogens with zero attached hydrogens (tertiary/aromatic N) is 6. The quantitative estimate of drug-likeness (QED) is 0.759. The number of nitrogens with two attached hydrogens (primary N) is 1. The zero-order chi connectivity index (χ0) is 14.8. The van der Waals surface area contributed by atoms with Gasteiger partial charge in [-0.25, -0.2) is 9.07 Å². The second kappa shape index (κ2) is 4.97. The van der Waals surface area contributed by atoms with Crippen LogP contribution in [0, 0.1) is 17.1 Å². The van der Waals surface area contributed by atoms with E-state index in [-0.39, 0.29) is 23.3 Å². The molecule has 0 aliphatic rings. The van der Waals surface area contributed by atoms with Crippen molar-refractivity contribution in [2.24, 2.45) is 0 Å². The molecule has 0 saturated heterocycles. The van der Waals surface area contributed by atoms with E-state index in [9.17, 15) is 4.39 Å². The number of nitrogen functional groups attached to an aromatic ring is 1. The number of nitriles is 1. The topological polar surface area (TPSA) is 106 Å². The minimum atomic E-state index is -0.552. The van der Waals surface area contributed by atoms with Crippen molar-refractivity contribution in [1.29, 1.82) is 5.26 Å². The Hall–Kier alpha value is -3.34. The van der Waals surface area contributed by atoms with E-state index >= 15 is 0 Å². The van der Waals surface area contributed by atoms with Gasteiger partial charge in [-0.2, -0.15) is 25.3 Å². The molecule has 2 aromatic heterocycles. The highest BCUT2D eigenvalue weighted by Crippen LogP contribution is 2.19. The van der Waals surface area contributed by atoms with Crippen LogP contribution in [0.15, 0.2) is 36.7 Å². The van der Waals surface area contributed by atoms with Crippen LogP contribution in [-0.4, -0.2) is 24.7 Å². The summed E-state index contributed by atoms with van der Waals surface area (Å²) in [6.45, 7) is 0. The molecule has 3 rings (SSSR count). The molecule has 0 fully saturated rings. The van der Waals surface area contributed by atoms with Crippen molar-refractivity contribution in [3.05, 3.63) is 48.0 Å². The Labute approximate surface area is 118 Å². The molecule has 0 bridgehead atoms. The summed E-state index contributed by atoms with van der Waals surface area (Å²) in [4.78, 5) is 12.1. The first-order valence-electron chi connectivity index (χ1n) is 5.88. The molecule has 0 aliphatic carbocycles. The Bertz CT molecular complexity index is 836. The number of hydrogen-bond donors (Lipinski definition) is 1. The van der Waals surface area contributed by atoms with Crippen LogP contribution in [0.5, 0.6) is 0 Å². The predicted octanol–water partition coefficient (Wildman–Crippen LogP) is 1.32.